The van der Waals surface area contributed by atoms with Crippen molar-refractivity contribution >= 4 is 0 Å². The number of ether oxygens (including phenoxy) is 1. The summed E-state index contributed by atoms with van der Waals surface area (Å²) in [6.45, 7) is 16.6. The minimum Gasteiger partial charge on any atom is -0.376 e. The molecule has 0 aliphatic rings. The van der Waals surface area contributed by atoms with E-state index in [1.165, 1.54) is 12.8 Å². The molecule has 0 saturated heterocycles. The second-order valence-corrected chi connectivity index (χ2v) is 6.17. The fourth-order valence-electron chi connectivity index (χ4n) is 2.68. The van der Waals surface area contributed by atoms with Gasteiger partial charge in [-0.15, -0.1) is 13.2 Å². The first-order valence-corrected chi connectivity index (χ1v) is 7.86. The lowest BCUT2D eigenvalue weighted by Gasteiger charge is -2.24. The van der Waals surface area contributed by atoms with E-state index >= 15 is 0 Å². The molecular weight excluding hydrogens is 232 g/mol. The highest BCUT2D eigenvalue weighted by atomic mass is 16.5. The molecule has 19 heavy (non-hydrogen) atoms. The predicted molar refractivity (Wildman–Crippen MR) is 86.4 cm³/mol. The minimum absolute atomic E-state index is 0.362. The molecule has 4 atom stereocenters. The van der Waals surface area contributed by atoms with Crippen LogP contribution in [0.4, 0.5) is 0 Å². The summed E-state index contributed by atoms with van der Waals surface area (Å²) in [5, 5.41) is 0. The first-order chi connectivity index (χ1) is 8.99. The Bertz CT molecular complexity index is 210. The molecule has 0 heterocycles. The maximum Gasteiger partial charge on any atom is 0.0553 e. The van der Waals surface area contributed by atoms with Crippen molar-refractivity contribution in [3.63, 3.8) is 0 Å². The summed E-state index contributed by atoms with van der Waals surface area (Å²) in [5.41, 5.74) is 0. The molecule has 0 bridgehead atoms. The molecule has 0 amide bonds. The lowest BCUT2D eigenvalue weighted by Crippen LogP contribution is -2.21. The Kier molecular flexibility index (Phi) is 10.9. The SMILES string of the molecule is C=CCCC(C)CC(C)OC(C)CC(C)CCC=C. The fourth-order valence-corrected chi connectivity index (χ4v) is 2.68. The molecule has 0 aromatic carbocycles. The van der Waals surface area contributed by atoms with Gasteiger partial charge in [0.05, 0.1) is 12.2 Å². The van der Waals surface area contributed by atoms with Gasteiger partial charge in [0.2, 0.25) is 0 Å². The van der Waals surface area contributed by atoms with Crippen molar-refractivity contribution in [1.82, 2.24) is 0 Å². The van der Waals surface area contributed by atoms with E-state index < -0.39 is 0 Å². The molecule has 4 unspecified atom stereocenters. The van der Waals surface area contributed by atoms with Crippen molar-refractivity contribution < 1.29 is 4.74 Å². The van der Waals surface area contributed by atoms with E-state index in [-0.39, 0.29) is 0 Å². The van der Waals surface area contributed by atoms with E-state index in [2.05, 4.69) is 40.9 Å². The molecule has 0 radical (unpaired) electrons. The Morgan fingerprint density at radius 2 is 1.16 bits per heavy atom. The third-order valence-corrected chi connectivity index (χ3v) is 3.66. The number of hydrogen-bond acceptors (Lipinski definition) is 1. The molecule has 0 aromatic rings. The van der Waals surface area contributed by atoms with E-state index in [4.69, 9.17) is 4.74 Å². The van der Waals surface area contributed by atoms with Gasteiger partial charge in [-0.1, -0.05) is 26.0 Å². The van der Waals surface area contributed by atoms with Crippen LogP contribution < -0.4 is 0 Å². The zero-order chi connectivity index (χ0) is 14.7. The standard InChI is InChI=1S/C18H34O/c1-7-9-11-15(3)13-17(5)19-18(6)14-16(4)12-10-8-2/h7-8,15-18H,1-2,9-14H2,3-6H3. The monoisotopic (exact) mass is 266 g/mol. The molecule has 0 rings (SSSR count). The van der Waals surface area contributed by atoms with E-state index in [1.807, 2.05) is 12.2 Å². The van der Waals surface area contributed by atoms with Crippen molar-refractivity contribution in [2.45, 2.75) is 78.4 Å². The molecule has 0 aliphatic carbocycles. The quantitative estimate of drug-likeness (QED) is 0.408. The maximum absolute atomic E-state index is 6.10. The van der Waals surface area contributed by atoms with Gasteiger partial charge in [-0.2, -0.15) is 0 Å². The van der Waals surface area contributed by atoms with Crippen molar-refractivity contribution in [2.24, 2.45) is 11.8 Å². The molecule has 1 nitrogen and oxygen atoms in total. The molecule has 0 N–H and O–H groups in total. The fraction of sp³-hybridized carbons (Fsp3) is 0.778. The third kappa shape index (κ3) is 11.0. The average molecular weight is 266 g/mol. The topological polar surface area (TPSA) is 9.23 Å². The summed E-state index contributed by atoms with van der Waals surface area (Å²) in [7, 11) is 0. The predicted octanol–water partition coefficient (Wildman–Crippen LogP) is 5.76. The van der Waals surface area contributed by atoms with Crippen LogP contribution in [0, 0.1) is 11.8 Å². The lowest BCUT2D eigenvalue weighted by molar-refractivity contribution is -0.0142. The van der Waals surface area contributed by atoms with Crippen molar-refractivity contribution in [3.8, 4) is 0 Å². The Morgan fingerprint density at radius 3 is 1.47 bits per heavy atom. The molecule has 0 fully saturated rings. The average Bonchev–Trinajstić information content (AvgIpc) is 2.33. The highest BCUT2D eigenvalue weighted by Crippen LogP contribution is 2.19. The van der Waals surface area contributed by atoms with Crippen LogP contribution in [0.15, 0.2) is 25.3 Å². The molecule has 0 aromatic heterocycles. The van der Waals surface area contributed by atoms with Crippen LogP contribution in [-0.2, 0) is 4.74 Å². The van der Waals surface area contributed by atoms with Gasteiger partial charge in [0.25, 0.3) is 0 Å². The Hall–Kier alpha value is -0.560. The van der Waals surface area contributed by atoms with Crippen LogP contribution in [0.2, 0.25) is 0 Å². The largest absolute Gasteiger partial charge is 0.376 e. The molecular formula is C18H34O. The summed E-state index contributed by atoms with van der Waals surface area (Å²) in [6, 6.07) is 0. The van der Waals surface area contributed by atoms with Gasteiger partial charge in [-0.25, -0.2) is 0 Å². The first-order valence-electron chi connectivity index (χ1n) is 7.86. The summed E-state index contributed by atoms with van der Waals surface area (Å²) >= 11 is 0. The van der Waals surface area contributed by atoms with Crippen LogP contribution in [0.25, 0.3) is 0 Å². The van der Waals surface area contributed by atoms with Crippen LogP contribution in [0.1, 0.15) is 66.2 Å². The number of rotatable bonds is 12. The van der Waals surface area contributed by atoms with Gasteiger partial charge < -0.3 is 4.74 Å². The lowest BCUT2D eigenvalue weighted by atomic mass is 9.97. The molecule has 0 aliphatic heterocycles. The summed E-state index contributed by atoms with van der Waals surface area (Å²) in [5.74, 6) is 1.44. The van der Waals surface area contributed by atoms with Crippen molar-refractivity contribution in [1.29, 1.82) is 0 Å². The normalized spacial score (nSPS) is 17.5. The highest BCUT2D eigenvalue weighted by Gasteiger charge is 2.14. The van der Waals surface area contributed by atoms with E-state index in [9.17, 15) is 0 Å². The van der Waals surface area contributed by atoms with Crippen molar-refractivity contribution in [3.05, 3.63) is 25.3 Å². The summed E-state index contributed by atoms with van der Waals surface area (Å²) in [6.07, 6.45) is 11.7. The Labute approximate surface area is 121 Å². The van der Waals surface area contributed by atoms with Crippen LogP contribution in [0.5, 0.6) is 0 Å². The third-order valence-electron chi connectivity index (χ3n) is 3.66. The molecule has 0 saturated carbocycles. The Balaban J connectivity index is 3.81. The van der Waals surface area contributed by atoms with Crippen molar-refractivity contribution in [2.75, 3.05) is 0 Å². The van der Waals surface area contributed by atoms with E-state index in [1.54, 1.807) is 0 Å². The highest BCUT2D eigenvalue weighted by molar-refractivity contribution is 4.71. The summed E-state index contributed by atoms with van der Waals surface area (Å²) < 4.78 is 6.10. The van der Waals surface area contributed by atoms with E-state index in [0.29, 0.717) is 12.2 Å². The maximum atomic E-state index is 6.10. The van der Waals surface area contributed by atoms with Gasteiger partial charge in [-0.3, -0.25) is 0 Å². The minimum atomic E-state index is 0.362. The molecule has 1 heteroatoms. The van der Waals surface area contributed by atoms with Crippen LogP contribution >= 0.6 is 0 Å². The van der Waals surface area contributed by atoms with E-state index in [0.717, 1.165) is 37.5 Å². The number of hydrogen-bond donors (Lipinski definition) is 0. The molecule has 112 valence electrons. The van der Waals surface area contributed by atoms with Crippen LogP contribution in [0.3, 0.4) is 0 Å². The second-order valence-electron chi connectivity index (χ2n) is 6.17. The van der Waals surface area contributed by atoms with Gasteiger partial charge in [0.1, 0.15) is 0 Å². The number of allylic oxidation sites excluding steroid dienone is 2. The van der Waals surface area contributed by atoms with Gasteiger partial charge in [0, 0.05) is 0 Å². The Morgan fingerprint density at radius 1 is 0.789 bits per heavy atom. The summed E-state index contributed by atoms with van der Waals surface area (Å²) in [4.78, 5) is 0. The van der Waals surface area contributed by atoms with Gasteiger partial charge in [-0.05, 0) is 64.2 Å². The molecule has 0 spiro atoms. The second kappa shape index (κ2) is 11.3. The first kappa shape index (κ1) is 18.4. The zero-order valence-corrected chi connectivity index (χ0v) is 13.5. The zero-order valence-electron chi connectivity index (χ0n) is 13.5. The van der Waals surface area contributed by atoms with Gasteiger partial charge >= 0.3 is 0 Å². The van der Waals surface area contributed by atoms with Crippen LogP contribution in [-0.4, -0.2) is 12.2 Å². The smallest absolute Gasteiger partial charge is 0.0553 e. The van der Waals surface area contributed by atoms with Gasteiger partial charge in [0.15, 0.2) is 0 Å².